The molecule has 168 valence electrons. The largest absolute Gasteiger partial charge is 0.342 e. The average Bonchev–Trinajstić information content (AvgIpc) is 3.47. The maximum Gasteiger partial charge on any atom is 0.245 e. The third kappa shape index (κ3) is 4.74. The summed E-state index contributed by atoms with van der Waals surface area (Å²) >= 11 is 0. The van der Waals surface area contributed by atoms with Crippen LogP contribution in [0.25, 0.3) is 5.57 Å². The van der Waals surface area contributed by atoms with Crippen molar-refractivity contribution in [3.05, 3.63) is 59.5 Å². The Morgan fingerprint density at radius 3 is 2.56 bits per heavy atom. The molecule has 0 spiro atoms. The minimum atomic E-state index is -0.366. The van der Waals surface area contributed by atoms with Crippen LogP contribution in [0.3, 0.4) is 0 Å². The second kappa shape index (κ2) is 9.63. The molecule has 0 unspecified atom stereocenters. The Balaban J connectivity index is 1.45. The van der Waals surface area contributed by atoms with Gasteiger partial charge in [0.25, 0.3) is 0 Å². The topological polar surface area (TPSA) is 70.5 Å². The molecule has 4 rings (SSSR count). The molecule has 32 heavy (non-hydrogen) atoms. The summed E-state index contributed by atoms with van der Waals surface area (Å²) in [5, 5.41) is 3.29. The number of nitrogens with zero attached hydrogens (tertiary/aromatic N) is 4. The van der Waals surface area contributed by atoms with Gasteiger partial charge in [0, 0.05) is 37.3 Å². The van der Waals surface area contributed by atoms with Gasteiger partial charge < -0.3 is 10.2 Å². The highest BCUT2D eigenvalue weighted by atomic mass is 16.2. The Kier molecular flexibility index (Phi) is 6.68. The van der Waals surface area contributed by atoms with Crippen LogP contribution < -0.4 is 5.32 Å². The SMILES string of the molecule is CCc1cnc(N[C@H](C(=O)N2CCC[C@H]2C2=NC=C(c3ccc(C)cc3)C2)C(C)C)nc1. The Labute approximate surface area is 190 Å². The van der Waals surface area contributed by atoms with E-state index < -0.39 is 0 Å². The van der Waals surface area contributed by atoms with Crippen molar-refractivity contribution in [3.63, 3.8) is 0 Å². The maximum atomic E-state index is 13.6. The summed E-state index contributed by atoms with van der Waals surface area (Å²) in [5.41, 5.74) is 5.86. The number of rotatable bonds is 7. The van der Waals surface area contributed by atoms with E-state index in [2.05, 4.69) is 67.2 Å². The molecule has 6 nitrogen and oxygen atoms in total. The molecule has 0 aliphatic carbocycles. The summed E-state index contributed by atoms with van der Waals surface area (Å²) in [6, 6.07) is 8.27. The van der Waals surface area contributed by atoms with Crippen LogP contribution in [0.4, 0.5) is 5.95 Å². The Bertz CT molecular complexity index is 1010. The number of hydrogen-bond donors (Lipinski definition) is 1. The second-order valence-corrected chi connectivity index (χ2v) is 9.14. The zero-order chi connectivity index (χ0) is 22.7. The first-order chi connectivity index (χ1) is 15.5. The third-order valence-corrected chi connectivity index (χ3v) is 6.43. The molecule has 0 saturated carbocycles. The van der Waals surface area contributed by atoms with Gasteiger partial charge in [-0.1, -0.05) is 50.6 Å². The van der Waals surface area contributed by atoms with Crippen molar-refractivity contribution in [2.24, 2.45) is 10.9 Å². The predicted octanol–water partition coefficient (Wildman–Crippen LogP) is 4.66. The fourth-order valence-corrected chi connectivity index (χ4v) is 4.42. The number of hydrogen-bond acceptors (Lipinski definition) is 5. The van der Waals surface area contributed by atoms with E-state index in [9.17, 15) is 4.79 Å². The quantitative estimate of drug-likeness (QED) is 0.692. The highest BCUT2D eigenvalue weighted by Gasteiger charge is 2.38. The van der Waals surface area contributed by atoms with E-state index in [4.69, 9.17) is 4.99 Å². The van der Waals surface area contributed by atoms with E-state index in [1.165, 1.54) is 16.7 Å². The number of aliphatic imine (C=N–C) groups is 1. The van der Waals surface area contributed by atoms with Crippen LogP contribution in [0.15, 0.2) is 47.9 Å². The van der Waals surface area contributed by atoms with E-state index in [1.807, 2.05) is 23.5 Å². The Morgan fingerprint density at radius 1 is 1.19 bits per heavy atom. The molecule has 2 aromatic rings. The van der Waals surface area contributed by atoms with Crippen LogP contribution in [0.5, 0.6) is 0 Å². The lowest BCUT2D eigenvalue weighted by Gasteiger charge is -2.31. The van der Waals surface area contributed by atoms with Crippen molar-refractivity contribution in [2.45, 2.75) is 65.5 Å². The lowest BCUT2D eigenvalue weighted by Crippen LogP contribution is -2.49. The first kappa shape index (κ1) is 22.2. The average molecular weight is 432 g/mol. The molecule has 6 heteroatoms. The summed E-state index contributed by atoms with van der Waals surface area (Å²) in [4.78, 5) is 29.2. The molecule has 1 N–H and O–H groups in total. The zero-order valence-corrected chi connectivity index (χ0v) is 19.5. The molecule has 0 bridgehead atoms. The van der Waals surface area contributed by atoms with Crippen LogP contribution in [-0.4, -0.2) is 45.1 Å². The van der Waals surface area contributed by atoms with Crippen molar-refractivity contribution in [2.75, 3.05) is 11.9 Å². The predicted molar refractivity (Wildman–Crippen MR) is 130 cm³/mol. The number of allylic oxidation sites excluding steroid dienone is 1. The molecular formula is C26H33N5O. The number of benzene rings is 1. The number of aromatic nitrogens is 2. The van der Waals surface area contributed by atoms with Gasteiger partial charge >= 0.3 is 0 Å². The summed E-state index contributed by atoms with van der Waals surface area (Å²) in [6.45, 7) is 9.06. The van der Waals surface area contributed by atoms with Gasteiger partial charge in [0.15, 0.2) is 0 Å². The molecule has 2 aliphatic heterocycles. The van der Waals surface area contributed by atoms with Gasteiger partial charge in [-0.15, -0.1) is 0 Å². The van der Waals surface area contributed by atoms with Gasteiger partial charge in [-0.3, -0.25) is 9.79 Å². The number of likely N-dealkylation sites (tertiary alicyclic amines) is 1. The number of amides is 1. The second-order valence-electron chi connectivity index (χ2n) is 9.14. The minimum absolute atomic E-state index is 0.0631. The van der Waals surface area contributed by atoms with Crippen molar-refractivity contribution in [3.8, 4) is 0 Å². The lowest BCUT2D eigenvalue weighted by molar-refractivity contribution is -0.132. The van der Waals surface area contributed by atoms with Gasteiger partial charge in [-0.25, -0.2) is 9.97 Å². The van der Waals surface area contributed by atoms with E-state index in [0.29, 0.717) is 5.95 Å². The summed E-state index contributed by atoms with van der Waals surface area (Å²) in [5.74, 6) is 0.730. The standard InChI is InChI=1S/C26H33N5O/c1-5-19-14-28-26(29-15-19)30-24(17(2)3)25(32)31-12-6-7-23(31)22-13-21(16-27-22)20-10-8-18(4)9-11-20/h8-11,14-17,23-24H,5-7,12-13H2,1-4H3,(H,28,29,30)/t23-,24-/m0/s1. The fraction of sp³-hybridized carbons (Fsp3) is 0.462. The van der Waals surface area contributed by atoms with Crippen LogP contribution >= 0.6 is 0 Å². The summed E-state index contributed by atoms with van der Waals surface area (Å²) < 4.78 is 0. The van der Waals surface area contributed by atoms with E-state index in [1.54, 1.807) is 0 Å². The molecule has 1 fully saturated rings. The molecule has 1 aromatic heterocycles. The molecular weight excluding hydrogens is 398 g/mol. The first-order valence-electron chi connectivity index (χ1n) is 11.7. The van der Waals surface area contributed by atoms with Gasteiger partial charge in [-0.05, 0) is 48.8 Å². The maximum absolute atomic E-state index is 13.6. The van der Waals surface area contributed by atoms with Gasteiger partial charge in [0.2, 0.25) is 11.9 Å². The van der Waals surface area contributed by atoms with Crippen molar-refractivity contribution in [1.29, 1.82) is 0 Å². The summed E-state index contributed by atoms with van der Waals surface area (Å²) in [6.07, 6.45) is 9.28. The van der Waals surface area contributed by atoms with Gasteiger partial charge in [-0.2, -0.15) is 0 Å². The van der Waals surface area contributed by atoms with Crippen molar-refractivity contribution in [1.82, 2.24) is 14.9 Å². The number of aryl methyl sites for hydroxylation is 2. The smallest absolute Gasteiger partial charge is 0.245 e. The first-order valence-corrected chi connectivity index (χ1v) is 11.7. The Morgan fingerprint density at radius 2 is 1.91 bits per heavy atom. The Hall–Kier alpha value is -3.02. The van der Waals surface area contributed by atoms with Crippen LogP contribution in [0.1, 0.15) is 56.7 Å². The normalized spacial score (nSPS) is 19.2. The summed E-state index contributed by atoms with van der Waals surface area (Å²) in [7, 11) is 0. The fourth-order valence-electron chi connectivity index (χ4n) is 4.42. The van der Waals surface area contributed by atoms with E-state index in [-0.39, 0.29) is 23.9 Å². The molecule has 1 aromatic carbocycles. The van der Waals surface area contributed by atoms with Crippen molar-refractivity contribution < 1.29 is 4.79 Å². The third-order valence-electron chi connectivity index (χ3n) is 6.43. The van der Waals surface area contributed by atoms with Crippen LogP contribution in [0, 0.1) is 12.8 Å². The molecule has 2 aliphatic rings. The van der Waals surface area contributed by atoms with E-state index in [0.717, 1.165) is 43.5 Å². The van der Waals surface area contributed by atoms with Crippen molar-refractivity contribution >= 4 is 23.1 Å². The van der Waals surface area contributed by atoms with Crippen LogP contribution in [-0.2, 0) is 11.2 Å². The lowest BCUT2D eigenvalue weighted by atomic mass is 9.97. The number of anilines is 1. The molecule has 3 heterocycles. The highest BCUT2D eigenvalue weighted by molar-refractivity contribution is 6.03. The van der Waals surface area contributed by atoms with Gasteiger partial charge in [0.05, 0.1) is 6.04 Å². The number of nitrogens with one attached hydrogen (secondary N) is 1. The van der Waals surface area contributed by atoms with Gasteiger partial charge in [0.1, 0.15) is 6.04 Å². The molecule has 1 amide bonds. The minimum Gasteiger partial charge on any atom is -0.342 e. The van der Waals surface area contributed by atoms with Crippen LogP contribution in [0.2, 0.25) is 0 Å². The zero-order valence-electron chi connectivity index (χ0n) is 19.5. The molecule has 0 radical (unpaired) electrons. The number of carbonyl (C=O) groups is 1. The van der Waals surface area contributed by atoms with E-state index >= 15 is 0 Å². The number of carbonyl (C=O) groups excluding carboxylic acids is 1. The highest BCUT2D eigenvalue weighted by Crippen LogP contribution is 2.30. The monoisotopic (exact) mass is 431 g/mol. The molecule has 2 atom stereocenters. The molecule has 1 saturated heterocycles.